The van der Waals surface area contributed by atoms with E-state index in [-0.39, 0.29) is 12.7 Å². The number of hydrogen-bond donors (Lipinski definition) is 0. The first kappa shape index (κ1) is 16.6. The molecule has 0 N–H and O–H groups in total. The molecule has 0 saturated heterocycles. The molecule has 0 saturated carbocycles. The van der Waals surface area contributed by atoms with Crippen LogP contribution >= 0.6 is 11.3 Å². The maximum absolute atomic E-state index is 12.4. The van der Waals surface area contributed by atoms with E-state index in [1.807, 2.05) is 35.7 Å². The Bertz CT molecular complexity index is 907. The zero-order chi connectivity index (χ0) is 17.9. The molecule has 2 aromatic heterocycles. The van der Waals surface area contributed by atoms with Crippen molar-refractivity contribution < 1.29 is 18.8 Å². The Labute approximate surface area is 154 Å². The van der Waals surface area contributed by atoms with Gasteiger partial charge in [-0.25, -0.2) is 0 Å². The van der Waals surface area contributed by atoms with Gasteiger partial charge in [0.05, 0.1) is 11.4 Å². The molecule has 0 atom stereocenters. The summed E-state index contributed by atoms with van der Waals surface area (Å²) < 4.78 is 15.9. The number of carbonyl (C=O) groups excluding carboxylic acids is 1. The van der Waals surface area contributed by atoms with Gasteiger partial charge in [0.25, 0.3) is 0 Å². The second kappa shape index (κ2) is 7.17. The normalized spacial score (nSPS) is 12.3. The van der Waals surface area contributed by atoms with Gasteiger partial charge < -0.3 is 18.9 Å². The molecule has 3 heterocycles. The summed E-state index contributed by atoms with van der Waals surface area (Å²) in [4.78, 5) is 19.3. The van der Waals surface area contributed by atoms with Crippen molar-refractivity contribution in [3.05, 3.63) is 47.2 Å². The van der Waals surface area contributed by atoms with E-state index in [0.29, 0.717) is 31.1 Å². The number of aryl methyl sites for hydroxylation is 1. The van der Waals surface area contributed by atoms with Gasteiger partial charge in [0.15, 0.2) is 11.5 Å². The lowest BCUT2D eigenvalue weighted by molar-refractivity contribution is -0.130. The third-order valence-electron chi connectivity index (χ3n) is 4.07. The van der Waals surface area contributed by atoms with Crippen LogP contribution in [-0.4, -0.2) is 34.8 Å². The van der Waals surface area contributed by atoms with Crippen molar-refractivity contribution in [2.75, 3.05) is 13.8 Å². The highest BCUT2D eigenvalue weighted by atomic mass is 32.1. The summed E-state index contributed by atoms with van der Waals surface area (Å²) in [5.74, 6) is 2.47. The van der Waals surface area contributed by atoms with Crippen molar-refractivity contribution in [3.8, 4) is 22.2 Å². The molecular formula is C18H17N3O4S. The number of aromatic nitrogens is 2. The fourth-order valence-electron chi connectivity index (χ4n) is 2.65. The molecule has 8 heteroatoms. The SMILES string of the molecule is CN(Cc1nc(-c2cccs2)no1)C(=O)CCc1ccc2c(c1)OCO2. The predicted molar refractivity (Wildman–Crippen MR) is 95.0 cm³/mol. The van der Waals surface area contributed by atoms with Crippen molar-refractivity contribution in [3.63, 3.8) is 0 Å². The lowest BCUT2D eigenvalue weighted by Gasteiger charge is -2.14. The quantitative estimate of drug-likeness (QED) is 0.662. The number of rotatable bonds is 6. The van der Waals surface area contributed by atoms with Crippen LogP contribution in [0.25, 0.3) is 10.7 Å². The summed E-state index contributed by atoms with van der Waals surface area (Å²) in [6, 6.07) is 9.60. The van der Waals surface area contributed by atoms with Crippen LogP contribution in [0.2, 0.25) is 0 Å². The van der Waals surface area contributed by atoms with Gasteiger partial charge in [0, 0.05) is 13.5 Å². The first-order chi connectivity index (χ1) is 12.7. The van der Waals surface area contributed by atoms with E-state index in [1.54, 1.807) is 23.3 Å². The van der Waals surface area contributed by atoms with Gasteiger partial charge in [-0.05, 0) is 35.6 Å². The monoisotopic (exact) mass is 371 g/mol. The van der Waals surface area contributed by atoms with Crippen molar-refractivity contribution >= 4 is 17.2 Å². The lowest BCUT2D eigenvalue weighted by atomic mass is 10.1. The minimum Gasteiger partial charge on any atom is -0.454 e. The smallest absolute Gasteiger partial charge is 0.246 e. The molecule has 0 radical (unpaired) electrons. The summed E-state index contributed by atoms with van der Waals surface area (Å²) in [7, 11) is 1.73. The van der Waals surface area contributed by atoms with E-state index >= 15 is 0 Å². The average molecular weight is 371 g/mol. The van der Waals surface area contributed by atoms with Gasteiger partial charge in [-0.15, -0.1) is 11.3 Å². The molecule has 0 spiro atoms. The van der Waals surface area contributed by atoms with E-state index < -0.39 is 0 Å². The standard InChI is InChI=1S/C18H17N3O4S/c1-21(10-16-19-18(20-25-16)15-3-2-8-26-15)17(22)7-5-12-4-6-13-14(9-12)24-11-23-13/h2-4,6,8-9H,5,7,10-11H2,1H3. The second-order valence-corrected chi connectivity index (χ2v) is 6.87. The van der Waals surface area contributed by atoms with Crippen LogP contribution < -0.4 is 9.47 Å². The molecule has 1 aliphatic heterocycles. The molecule has 4 rings (SSSR count). The fourth-order valence-corrected chi connectivity index (χ4v) is 3.30. The van der Waals surface area contributed by atoms with E-state index in [0.717, 1.165) is 21.9 Å². The Balaban J connectivity index is 1.32. The zero-order valence-electron chi connectivity index (χ0n) is 14.2. The van der Waals surface area contributed by atoms with Crippen LogP contribution in [0.1, 0.15) is 17.9 Å². The molecule has 0 bridgehead atoms. The van der Waals surface area contributed by atoms with E-state index in [1.165, 1.54) is 0 Å². The number of thiophene rings is 1. The minimum absolute atomic E-state index is 0.0125. The van der Waals surface area contributed by atoms with Gasteiger partial charge >= 0.3 is 0 Å². The van der Waals surface area contributed by atoms with Crippen molar-refractivity contribution in [1.82, 2.24) is 15.0 Å². The molecule has 7 nitrogen and oxygen atoms in total. The Morgan fingerprint density at radius 3 is 3.00 bits per heavy atom. The van der Waals surface area contributed by atoms with Gasteiger partial charge in [0.1, 0.15) is 0 Å². The summed E-state index contributed by atoms with van der Waals surface area (Å²) in [5.41, 5.74) is 1.04. The molecule has 0 fully saturated rings. The third kappa shape index (κ3) is 3.55. The Morgan fingerprint density at radius 1 is 1.27 bits per heavy atom. The highest BCUT2D eigenvalue weighted by Crippen LogP contribution is 2.32. The lowest BCUT2D eigenvalue weighted by Crippen LogP contribution is -2.26. The molecule has 1 aromatic carbocycles. The molecule has 26 heavy (non-hydrogen) atoms. The predicted octanol–water partition coefficient (Wildman–Crippen LogP) is 3.12. The number of ether oxygens (including phenoxy) is 2. The Morgan fingerprint density at radius 2 is 2.15 bits per heavy atom. The highest BCUT2D eigenvalue weighted by molar-refractivity contribution is 7.13. The number of nitrogens with zero attached hydrogens (tertiary/aromatic N) is 3. The second-order valence-electron chi connectivity index (χ2n) is 5.93. The molecule has 3 aromatic rings. The third-order valence-corrected chi connectivity index (χ3v) is 4.94. The molecule has 1 aliphatic rings. The number of benzene rings is 1. The van der Waals surface area contributed by atoms with Gasteiger partial charge in [-0.1, -0.05) is 17.3 Å². The fraction of sp³-hybridized carbons (Fsp3) is 0.278. The van der Waals surface area contributed by atoms with Crippen molar-refractivity contribution in [2.45, 2.75) is 19.4 Å². The first-order valence-corrected chi connectivity index (χ1v) is 9.06. The van der Waals surface area contributed by atoms with Crippen LogP contribution in [0.3, 0.4) is 0 Å². The van der Waals surface area contributed by atoms with Gasteiger partial charge in [0.2, 0.25) is 24.4 Å². The van der Waals surface area contributed by atoms with Crippen molar-refractivity contribution in [1.29, 1.82) is 0 Å². The Kier molecular flexibility index (Phi) is 4.57. The number of amides is 1. The van der Waals surface area contributed by atoms with Crippen LogP contribution in [0.4, 0.5) is 0 Å². The maximum atomic E-state index is 12.4. The Hall–Kier alpha value is -2.87. The first-order valence-electron chi connectivity index (χ1n) is 8.18. The molecule has 0 unspecified atom stereocenters. The summed E-state index contributed by atoms with van der Waals surface area (Å²) in [6.07, 6.45) is 1.02. The summed E-state index contributed by atoms with van der Waals surface area (Å²) >= 11 is 1.54. The van der Waals surface area contributed by atoms with E-state index in [4.69, 9.17) is 14.0 Å². The van der Waals surface area contributed by atoms with E-state index in [9.17, 15) is 4.79 Å². The largest absolute Gasteiger partial charge is 0.454 e. The van der Waals surface area contributed by atoms with Crippen molar-refractivity contribution in [2.24, 2.45) is 0 Å². The number of hydrogen-bond acceptors (Lipinski definition) is 7. The summed E-state index contributed by atoms with van der Waals surface area (Å²) in [5, 5.41) is 5.91. The summed E-state index contributed by atoms with van der Waals surface area (Å²) in [6.45, 7) is 0.538. The minimum atomic E-state index is 0.0125. The number of fused-ring (bicyclic) bond motifs is 1. The highest BCUT2D eigenvalue weighted by Gasteiger charge is 2.17. The zero-order valence-corrected chi connectivity index (χ0v) is 15.0. The average Bonchev–Trinajstić information content (AvgIpc) is 3.39. The maximum Gasteiger partial charge on any atom is 0.246 e. The molecule has 134 valence electrons. The molecule has 1 amide bonds. The van der Waals surface area contributed by atoms with Gasteiger partial charge in [-0.2, -0.15) is 4.98 Å². The topological polar surface area (TPSA) is 77.7 Å². The van der Waals surface area contributed by atoms with Crippen LogP contribution in [0.5, 0.6) is 11.5 Å². The van der Waals surface area contributed by atoms with Crippen LogP contribution in [0, 0.1) is 0 Å². The van der Waals surface area contributed by atoms with Crippen LogP contribution in [0.15, 0.2) is 40.2 Å². The van der Waals surface area contributed by atoms with Crippen LogP contribution in [-0.2, 0) is 17.8 Å². The van der Waals surface area contributed by atoms with E-state index in [2.05, 4.69) is 10.1 Å². The van der Waals surface area contributed by atoms with Gasteiger partial charge in [-0.3, -0.25) is 4.79 Å². The molecule has 0 aliphatic carbocycles. The number of carbonyl (C=O) groups is 1. The molecular weight excluding hydrogens is 354 g/mol.